The van der Waals surface area contributed by atoms with Gasteiger partial charge in [-0.25, -0.2) is 9.66 Å². The predicted molar refractivity (Wildman–Crippen MR) is 98.2 cm³/mol. The Morgan fingerprint density at radius 3 is 2.73 bits per heavy atom. The molecule has 0 aliphatic heterocycles. The van der Waals surface area contributed by atoms with Crippen LogP contribution in [0.25, 0.3) is 0 Å². The summed E-state index contributed by atoms with van der Waals surface area (Å²) in [5, 5.41) is 15.5. The third-order valence-electron chi connectivity index (χ3n) is 3.58. The highest BCUT2D eigenvalue weighted by atomic mass is 16.6. The Morgan fingerprint density at radius 1 is 1.31 bits per heavy atom. The van der Waals surface area contributed by atoms with Crippen molar-refractivity contribution in [2.45, 2.75) is 13.5 Å². The van der Waals surface area contributed by atoms with E-state index < -0.39 is 4.92 Å². The monoisotopic (exact) mass is 351 g/mol. The summed E-state index contributed by atoms with van der Waals surface area (Å²) in [6, 6.07) is 14.1. The number of benzene rings is 2. The molecule has 1 heterocycles. The van der Waals surface area contributed by atoms with E-state index in [0.717, 1.165) is 11.3 Å². The van der Waals surface area contributed by atoms with E-state index in [1.54, 1.807) is 25.3 Å². The predicted octanol–water partition coefficient (Wildman–Crippen LogP) is 3.14. The van der Waals surface area contributed by atoms with E-state index in [-0.39, 0.29) is 24.0 Å². The molecule has 2 N–H and O–H groups in total. The molecule has 0 fully saturated rings. The van der Waals surface area contributed by atoms with E-state index in [1.165, 1.54) is 17.0 Å². The van der Waals surface area contributed by atoms with Crippen LogP contribution in [0.5, 0.6) is 5.75 Å². The minimum Gasteiger partial charge on any atom is -0.482 e. The smallest absolute Gasteiger partial charge is 0.311 e. The molecule has 26 heavy (non-hydrogen) atoms. The highest BCUT2D eigenvalue weighted by Gasteiger charge is 2.16. The van der Waals surface area contributed by atoms with Crippen LogP contribution >= 0.6 is 0 Å². The van der Waals surface area contributed by atoms with Gasteiger partial charge in [0.1, 0.15) is 6.61 Å². The summed E-state index contributed by atoms with van der Waals surface area (Å²) in [6.07, 6.45) is 3.14. The van der Waals surface area contributed by atoms with Crippen LogP contribution in [0.3, 0.4) is 0 Å². The van der Waals surface area contributed by atoms with Crippen LogP contribution in [-0.2, 0) is 6.61 Å². The Labute approximate surface area is 149 Å². The van der Waals surface area contributed by atoms with Gasteiger partial charge in [0, 0.05) is 11.6 Å². The molecule has 3 rings (SSSR count). The first-order valence-corrected chi connectivity index (χ1v) is 7.84. The van der Waals surface area contributed by atoms with Gasteiger partial charge >= 0.3 is 5.69 Å². The lowest BCUT2D eigenvalue weighted by Crippen LogP contribution is -2.00. The average molecular weight is 351 g/mol. The maximum atomic E-state index is 11.4. The quantitative estimate of drug-likeness (QED) is 0.417. The number of hydrogen-bond acceptors (Lipinski definition) is 6. The number of hydrogen-bond donors (Lipinski definition) is 1. The van der Waals surface area contributed by atoms with E-state index >= 15 is 0 Å². The Bertz CT molecular complexity index is 951. The Hall–Kier alpha value is -3.68. The summed E-state index contributed by atoms with van der Waals surface area (Å²) in [7, 11) is 0. The summed E-state index contributed by atoms with van der Waals surface area (Å²) < 4.78 is 7.01. The van der Waals surface area contributed by atoms with Crippen molar-refractivity contribution >= 4 is 17.9 Å². The minimum absolute atomic E-state index is 0.125. The summed E-state index contributed by atoms with van der Waals surface area (Å²) in [4.78, 5) is 14.9. The second-order valence-corrected chi connectivity index (χ2v) is 5.59. The highest BCUT2D eigenvalue weighted by molar-refractivity contribution is 5.81. The van der Waals surface area contributed by atoms with Gasteiger partial charge < -0.3 is 10.5 Å². The number of imidazole rings is 1. The topological polar surface area (TPSA) is 109 Å². The number of nitrogens with two attached hydrogens (primary N) is 1. The number of nitro groups is 1. The van der Waals surface area contributed by atoms with Crippen molar-refractivity contribution in [1.82, 2.24) is 9.66 Å². The van der Waals surface area contributed by atoms with E-state index in [1.807, 2.05) is 30.3 Å². The van der Waals surface area contributed by atoms with Crippen LogP contribution in [0.2, 0.25) is 0 Å². The summed E-state index contributed by atoms with van der Waals surface area (Å²) in [5.74, 6) is 0.449. The molecule has 0 bridgehead atoms. The summed E-state index contributed by atoms with van der Waals surface area (Å²) in [5.41, 5.74) is 7.80. The number of aromatic nitrogens is 2. The maximum absolute atomic E-state index is 11.4. The van der Waals surface area contributed by atoms with Crippen molar-refractivity contribution in [2.24, 2.45) is 5.10 Å². The van der Waals surface area contributed by atoms with Crippen molar-refractivity contribution in [3.8, 4) is 5.75 Å². The largest absolute Gasteiger partial charge is 0.482 e. The lowest BCUT2D eigenvalue weighted by molar-refractivity contribution is -0.385. The van der Waals surface area contributed by atoms with Crippen molar-refractivity contribution < 1.29 is 9.66 Å². The first-order chi connectivity index (χ1) is 12.5. The third kappa shape index (κ3) is 4.04. The second kappa shape index (κ2) is 7.47. The fraction of sp³-hybridized carbons (Fsp3) is 0.111. The van der Waals surface area contributed by atoms with Gasteiger partial charge in [0.25, 0.3) is 0 Å². The van der Waals surface area contributed by atoms with Crippen molar-refractivity contribution in [2.75, 3.05) is 5.73 Å². The van der Waals surface area contributed by atoms with Crippen LogP contribution in [-0.4, -0.2) is 20.8 Å². The lowest BCUT2D eigenvalue weighted by atomic mass is 10.2. The molecular weight excluding hydrogens is 334 g/mol. The van der Waals surface area contributed by atoms with Crippen LogP contribution in [0, 0.1) is 17.0 Å². The lowest BCUT2D eigenvalue weighted by Gasteiger charge is -2.07. The standard InChI is InChI=1S/C18H17N5O3/c1-13-11-22(18(19)21-13)20-10-15-7-8-17(16(9-15)23(24)25)26-12-14-5-3-2-4-6-14/h2-11H,12H2,1H3,(H2,19,21). The second-order valence-electron chi connectivity index (χ2n) is 5.59. The number of rotatable bonds is 6. The van der Waals surface area contributed by atoms with E-state index in [0.29, 0.717) is 5.56 Å². The Morgan fingerprint density at radius 2 is 2.08 bits per heavy atom. The molecule has 0 amide bonds. The van der Waals surface area contributed by atoms with E-state index in [9.17, 15) is 10.1 Å². The fourth-order valence-corrected chi connectivity index (χ4v) is 2.34. The minimum atomic E-state index is -0.479. The van der Waals surface area contributed by atoms with E-state index in [4.69, 9.17) is 10.5 Å². The van der Waals surface area contributed by atoms with Crippen LogP contribution in [0.4, 0.5) is 11.6 Å². The normalized spacial score (nSPS) is 11.0. The first kappa shape index (κ1) is 17.2. The molecule has 0 aliphatic carbocycles. The molecule has 0 saturated carbocycles. The molecule has 8 nitrogen and oxygen atoms in total. The van der Waals surface area contributed by atoms with Crippen LogP contribution in [0.1, 0.15) is 16.8 Å². The Balaban J connectivity index is 1.80. The molecular formula is C18H17N5O3. The van der Waals surface area contributed by atoms with Crippen molar-refractivity contribution in [3.05, 3.63) is 81.7 Å². The fourth-order valence-electron chi connectivity index (χ4n) is 2.34. The molecule has 1 aromatic heterocycles. The van der Waals surface area contributed by atoms with Gasteiger partial charge in [-0.15, -0.1) is 0 Å². The number of nitrogen functional groups attached to an aromatic ring is 1. The zero-order valence-corrected chi connectivity index (χ0v) is 14.1. The zero-order valence-electron chi connectivity index (χ0n) is 14.1. The van der Waals surface area contributed by atoms with Crippen LogP contribution in [0.15, 0.2) is 59.8 Å². The van der Waals surface area contributed by atoms with Gasteiger partial charge in [-0.05, 0) is 24.6 Å². The third-order valence-corrected chi connectivity index (χ3v) is 3.58. The van der Waals surface area contributed by atoms with Gasteiger partial charge in [-0.1, -0.05) is 30.3 Å². The molecule has 3 aromatic rings. The Kier molecular flexibility index (Phi) is 4.93. The van der Waals surface area contributed by atoms with Gasteiger partial charge in [0.05, 0.1) is 23.0 Å². The summed E-state index contributed by atoms with van der Waals surface area (Å²) in [6.45, 7) is 2.05. The highest BCUT2D eigenvalue weighted by Crippen LogP contribution is 2.28. The average Bonchev–Trinajstić information content (AvgIpc) is 2.96. The molecule has 0 spiro atoms. The molecule has 0 aliphatic rings. The number of nitro benzene ring substituents is 1. The van der Waals surface area contributed by atoms with Gasteiger partial charge in [0.2, 0.25) is 5.95 Å². The molecule has 8 heteroatoms. The molecule has 2 aromatic carbocycles. The molecule has 0 saturated heterocycles. The molecule has 0 unspecified atom stereocenters. The SMILES string of the molecule is Cc1cn(N=Cc2ccc(OCc3ccccc3)c([N+](=O)[O-])c2)c(N)n1. The number of aryl methyl sites for hydroxylation is 1. The van der Waals surface area contributed by atoms with Crippen molar-refractivity contribution in [3.63, 3.8) is 0 Å². The van der Waals surface area contributed by atoms with Gasteiger partial charge in [-0.2, -0.15) is 5.10 Å². The van der Waals surface area contributed by atoms with Crippen LogP contribution < -0.4 is 10.5 Å². The van der Waals surface area contributed by atoms with Gasteiger partial charge in [0.15, 0.2) is 5.75 Å². The first-order valence-electron chi connectivity index (χ1n) is 7.84. The molecule has 132 valence electrons. The molecule has 0 radical (unpaired) electrons. The molecule has 0 atom stereocenters. The number of anilines is 1. The van der Waals surface area contributed by atoms with Gasteiger partial charge in [-0.3, -0.25) is 10.1 Å². The number of ether oxygens (including phenoxy) is 1. The maximum Gasteiger partial charge on any atom is 0.311 e. The van der Waals surface area contributed by atoms with Crippen molar-refractivity contribution in [1.29, 1.82) is 0 Å². The van der Waals surface area contributed by atoms with E-state index in [2.05, 4.69) is 10.1 Å². The zero-order chi connectivity index (χ0) is 18.5. The summed E-state index contributed by atoms with van der Waals surface area (Å²) >= 11 is 0. The number of nitrogens with zero attached hydrogens (tertiary/aromatic N) is 4.